The van der Waals surface area contributed by atoms with Gasteiger partial charge in [-0.25, -0.2) is 4.39 Å². The molecule has 1 aromatic rings. The van der Waals surface area contributed by atoms with E-state index in [0.717, 1.165) is 44.5 Å². The Kier molecular flexibility index (Phi) is 6.63. The first-order chi connectivity index (χ1) is 13.9. The van der Waals surface area contributed by atoms with Crippen LogP contribution in [0, 0.1) is 5.82 Å². The first kappa shape index (κ1) is 21.3. The van der Waals surface area contributed by atoms with Gasteiger partial charge in [0.15, 0.2) is 0 Å². The van der Waals surface area contributed by atoms with Crippen LogP contribution in [-0.4, -0.2) is 98.3 Å². The number of fused-ring (bicyclic) bond motifs is 2. The summed E-state index contributed by atoms with van der Waals surface area (Å²) in [6, 6.07) is 8.56. The molecule has 0 aromatic heterocycles. The highest BCUT2D eigenvalue weighted by Crippen LogP contribution is 2.39. The second-order valence-corrected chi connectivity index (χ2v) is 10.2. The number of carbonyl (C=O) groups excluding carboxylic acids is 1. The van der Waals surface area contributed by atoms with E-state index in [1.807, 2.05) is 24.1 Å². The maximum absolute atomic E-state index is 13.3. The molecule has 0 aliphatic carbocycles. The van der Waals surface area contributed by atoms with E-state index < -0.39 is 0 Å². The predicted molar refractivity (Wildman–Crippen MR) is 114 cm³/mol. The molecule has 158 valence electrons. The Morgan fingerprint density at radius 2 is 1.83 bits per heavy atom. The molecule has 1 aromatic carbocycles. The number of amides is 1. The third-order valence-electron chi connectivity index (χ3n) is 7.29. The second-order valence-electron chi connectivity index (χ2n) is 9.31. The summed E-state index contributed by atoms with van der Waals surface area (Å²) in [4.78, 5) is 18.8. The largest absolute Gasteiger partial charge is 0.393 e. The molecular weight excluding hydrogens is 384 g/mol. The van der Waals surface area contributed by atoms with E-state index in [0.29, 0.717) is 41.0 Å². The van der Waals surface area contributed by atoms with Gasteiger partial charge in [0.25, 0.3) is 0 Å². The molecule has 5 nitrogen and oxygen atoms in total. The van der Waals surface area contributed by atoms with Crippen LogP contribution in [0.25, 0.3) is 0 Å². The van der Waals surface area contributed by atoms with Crippen molar-refractivity contribution >= 4 is 21.1 Å². The molecule has 0 radical (unpaired) electrons. The first-order valence-electron chi connectivity index (χ1n) is 11.1. The maximum Gasteiger partial charge on any atom is 0.355 e. The van der Waals surface area contributed by atoms with E-state index in [4.69, 9.17) is 0 Å². The number of hydrogen-bond acceptors (Lipinski definition) is 4. The monoisotopic (exact) mass is 417 g/mol. The van der Waals surface area contributed by atoms with Gasteiger partial charge < -0.3 is 14.9 Å². The molecule has 3 heterocycles. The summed E-state index contributed by atoms with van der Waals surface area (Å²) >= 11 is 0.526. The van der Waals surface area contributed by atoms with Gasteiger partial charge in [-0.05, 0) is 56.3 Å². The van der Waals surface area contributed by atoms with Crippen molar-refractivity contribution in [3.63, 3.8) is 0 Å². The van der Waals surface area contributed by atoms with Gasteiger partial charge >= 0.3 is 16.3 Å². The molecule has 0 saturated carbocycles. The normalized spacial score (nSPS) is 28.9. The molecular formula is C22H33AlFN3O2. The van der Waals surface area contributed by atoms with Crippen LogP contribution in [0.15, 0.2) is 24.3 Å². The maximum atomic E-state index is 13.3. The average molecular weight is 418 g/mol. The molecule has 2 bridgehead atoms. The van der Waals surface area contributed by atoms with Gasteiger partial charge in [0.05, 0.1) is 6.10 Å². The number of likely N-dealkylation sites (N-methyl/N-ethyl adjacent to an activating group) is 1. The third kappa shape index (κ3) is 4.86. The third-order valence-corrected chi connectivity index (χ3v) is 8.05. The van der Waals surface area contributed by atoms with Crippen LogP contribution < -0.4 is 0 Å². The molecule has 3 atom stereocenters. The lowest BCUT2D eigenvalue weighted by Crippen LogP contribution is -2.64. The van der Waals surface area contributed by atoms with Crippen molar-refractivity contribution in [3.8, 4) is 0 Å². The van der Waals surface area contributed by atoms with E-state index in [-0.39, 0.29) is 22.6 Å². The number of nitrogens with zero attached hydrogens (tertiary/aromatic N) is 3. The highest BCUT2D eigenvalue weighted by Gasteiger charge is 2.46. The van der Waals surface area contributed by atoms with Crippen LogP contribution >= 0.6 is 0 Å². The summed E-state index contributed by atoms with van der Waals surface area (Å²) in [6.07, 6.45) is 5.25. The van der Waals surface area contributed by atoms with Crippen molar-refractivity contribution in [2.24, 2.45) is 0 Å². The number of aliphatic hydroxyl groups is 1. The van der Waals surface area contributed by atoms with E-state index in [2.05, 4.69) is 9.80 Å². The topological polar surface area (TPSA) is 47.0 Å². The van der Waals surface area contributed by atoms with Crippen LogP contribution in [0.2, 0.25) is 0 Å². The van der Waals surface area contributed by atoms with Crippen LogP contribution in [0.3, 0.4) is 0 Å². The number of rotatable bonds is 7. The van der Waals surface area contributed by atoms with Crippen molar-refractivity contribution in [2.45, 2.75) is 62.3 Å². The van der Waals surface area contributed by atoms with Crippen LogP contribution in [-0.2, 0) is 0 Å². The fourth-order valence-corrected chi connectivity index (χ4v) is 5.77. The predicted octanol–water partition coefficient (Wildman–Crippen LogP) is 1.66. The number of halogens is 1. The Labute approximate surface area is 181 Å². The Balaban J connectivity index is 1.30. The van der Waals surface area contributed by atoms with Crippen LogP contribution in [0.1, 0.15) is 43.6 Å². The molecule has 0 spiro atoms. The van der Waals surface area contributed by atoms with Gasteiger partial charge in [-0.3, -0.25) is 9.69 Å². The lowest BCUT2D eigenvalue weighted by Gasteiger charge is -2.51. The SMILES string of the molecule is CN(CC(CCN1CC(N2C3CCC2CC(O)C3)C1)c1ccc(F)cc1)[C](=O)[AlH2]. The Hall–Kier alpha value is -0.968. The minimum atomic E-state index is -0.216. The fourth-order valence-electron chi connectivity index (χ4n) is 5.59. The molecule has 3 aliphatic heterocycles. The first-order valence-corrected chi connectivity index (χ1v) is 12.1. The van der Waals surface area contributed by atoms with Crippen molar-refractivity contribution in [2.75, 3.05) is 33.2 Å². The van der Waals surface area contributed by atoms with Gasteiger partial charge in [0.2, 0.25) is 0 Å². The van der Waals surface area contributed by atoms with E-state index in [1.165, 1.54) is 25.0 Å². The van der Waals surface area contributed by atoms with Crippen molar-refractivity contribution in [1.82, 2.24) is 14.7 Å². The van der Waals surface area contributed by atoms with Crippen LogP contribution in [0.4, 0.5) is 9.18 Å². The van der Waals surface area contributed by atoms with Gasteiger partial charge in [-0.2, -0.15) is 0 Å². The van der Waals surface area contributed by atoms with Gasteiger partial charge in [0.1, 0.15) is 10.6 Å². The summed E-state index contributed by atoms with van der Waals surface area (Å²) in [5.41, 5.74) is 1.11. The molecule has 7 heteroatoms. The van der Waals surface area contributed by atoms with Gasteiger partial charge in [0, 0.05) is 50.7 Å². The molecule has 1 N–H and O–H groups in total. The minimum Gasteiger partial charge on any atom is -0.393 e. The highest BCUT2D eigenvalue weighted by atomic mass is 27.0. The summed E-state index contributed by atoms with van der Waals surface area (Å²) in [7, 11) is 1.87. The molecule has 3 unspecified atom stereocenters. The Morgan fingerprint density at radius 3 is 2.41 bits per heavy atom. The summed E-state index contributed by atoms with van der Waals surface area (Å²) < 4.78 is 13.5. The van der Waals surface area contributed by atoms with Crippen molar-refractivity contribution < 1.29 is 14.3 Å². The number of likely N-dealkylation sites (tertiary alicyclic amines) is 1. The lowest BCUT2D eigenvalue weighted by atomic mass is 9.92. The summed E-state index contributed by atoms with van der Waals surface area (Å²) in [5.74, 6) is 0.0190. The van der Waals surface area contributed by atoms with Gasteiger partial charge in [-0.15, -0.1) is 0 Å². The molecule has 1 amide bonds. The van der Waals surface area contributed by atoms with E-state index in [9.17, 15) is 14.3 Å². The zero-order chi connectivity index (χ0) is 20.5. The molecule has 3 aliphatic rings. The van der Waals surface area contributed by atoms with Crippen LogP contribution in [0.5, 0.6) is 0 Å². The number of carbonyl (C=O) groups is 1. The number of benzene rings is 1. The number of hydrogen-bond donors (Lipinski definition) is 1. The smallest absolute Gasteiger partial charge is 0.355 e. The Bertz CT molecular complexity index is 699. The zero-order valence-corrected chi connectivity index (χ0v) is 19.6. The van der Waals surface area contributed by atoms with Crippen molar-refractivity contribution in [3.05, 3.63) is 35.6 Å². The number of piperidine rings is 1. The Morgan fingerprint density at radius 1 is 1.21 bits per heavy atom. The standard InChI is InChI=1S/C22H31FN3O2.Al.2H/c1-24(15-27)12-17(16-2-4-18(23)5-3-16)8-9-25-13-21(14-25)26-19-6-7-20(26)11-22(28)10-19;;;/h2-5,17,19-22,28H,6-14H2,1H3;;;. The van der Waals surface area contributed by atoms with E-state index in [1.54, 1.807) is 0 Å². The lowest BCUT2D eigenvalue weighted by molar-refractivity contribution is -0.0438. The average Bonchev–Trinajstić information content (AvgIpc) is 2.90. The quantitative estimate of drug-likeness (QED) is 0.686. The van der Waals surface area contributed by atoms with Gasteiger partial charge in [-0.1, -0.05) is 12.1 Å². The summed E-state index contributed by atoms with van der Waals surface area (Å²) in [5, 5.41) is 10.0. The second kappa shape index (κ2) is 9.03. The zero-order valence-electron chi connectivity index (χ0n) is 17.6. The molecule has 29 heavy (non-hydrogen) atoms. The fraction of sp³-hybridized carbons (Fsp3) is 0.682. The minimum absolute atomic E-state index is 0.0993. The van der Waals surface area contributed by atoms with Crippen molar-refractivity contribution in [1.29, 1.82) is 0 Å². The van der Waals surface area contributed by atoms with E-state index >= 15 is 0 Å². The molecule has 4 rings (SSSR count). The molecule has 3 saturated heterocycles. The summed E-state index contributed by atoms with van der Waals surface area (Å²) in [6.45, 7) is 3.91. The highest BCUT2D eigenvalue weighted by molar-refractivity contribution is 6.56. The molecule has 3 fully saturated rings. The number of aliphatic hydroxyl groups excluding tert-OH is 1.